The summed E-state index contributed by atoms with van der Waals surface area (Å²) in [5.41, 5.74) is 1.91. The molecule has 0 spiro atoms. The number of benzene rings is 1. The van der Waals surface area contributed by atoms with Gasteiger partial charge in [0.1, 0.15) is 28.2 Å². The molecule has 11 heteroatoms. The number of nitrogens with one attached hydrogen (secondary N) is 2. The number of hydrogen-bond donors (Lipinski definition) is 2. The first kappa shape index (κ1) is 22.3. The van der Waals surface area contributed by atoms with E-state index in [2.05, 4.69) is 21.8 Å². The Hall–Kier alpha value is -3.52. The van der Waals surface area contributed by atoms with Gasteiger partial charge in [-0.05, 0) is 30.9 Å². The second-order valence-corrected chi connectivity index (χ2v) is 9.32. The van der Waals surface area contributed by atoms with Gasteiger partial charge in [0.15, 0.2) is 6.04 Å². The fourth-order valence-corrected chi connectivity index (χ4v) is 5.90. The third-order valence-corrected chi connectivity index (χ3v) is 7.46. The standard InChI is InChI=1S/C23H20F3N5O2S/c1-33-17-7-3-2-5-13(17)16-9-19(23(24,25)26)31-20(29-16)15(11-28-31)21(32)30-22-14(10-27)12-6-4-8-18(12)34-22/h2-3,5,7,11,16,19,29H,4,6,8-9H2,1H3,(H,30,32)/t16-,19-/m0/s1. The largest absolute Gasteiger partial charge is 0.496 e. The molecule has 176 valence electrons. The SMILES string of the molecule is COc1ccccc1[C@@H]1C[C@@H](C(F)(F)F)n2ncc(C(=O)Nc3sc4c(c3C#N)CCC4)c2N1. The molecule has 2 atom stereocenters. The maximum absolute atomic E-state index is 14.0. The van der Waals surface area contributed by atoms with Gasteiger partial charge in [-0.25, -0.2) is 4.68 Å². The third kappa shape index (κ3) is 3.68. The third-order valence-electron chi connectivity index (χ3n) is 6.26. The molecule has 0 fully saturated rings. The molecule has 0 radical (unpaired) electrons. The number of anilines is 2. The molecule has 3 heterocycles. The van der Waals surface area contributed by atoms with Gasteiger partial charge in [0.05, 0.1) is 24.9 Å². The van der Waals surface area contributed by atoms with Crippen molar-refractivity contribution in [3.8, 4) is 11.8 Å². The number of nitriles is 1. The van der Waals surface area contributed by atoms with Crippen molar-refractivity contribution in [2.24, 2.45) is 0 Å². The van der Waals surface area contributed by atoms with Crippen molar-refractivity contribution in [3.63, 3.8) is 0 Å². The summed E-state index contributed by atoms with van der Waals surface area (Å²) in [6, 6.07) is 6.32. The molecule has 1 aromatic carbocycles. The topological polar surface area (TPSA) is 92.0 Å². The highest BCUT2D eigenvalue weighted by Crippen LogP contribution is 2.46. The Labute approximate surface area is 197 Å². The Kier molecular flexibility index (Phi) is 5.48. The summed E-state index contributed by atoms with van der Waals surface area (Å²) in [5, 5.41) is 19.7. The van der Waals surface area contributed by atoms with Crippen LogP contribution in [-0.4, -0.2) is 29.0 Å². The number of carbonyl (C=O) groups is 1. The lowest BCUT2D eigenvalue weighted by molar-refractivity contribution is -0.173. The van der Waals surface area contributed by atoms with Crippen LogP contribution >= 0.6 is 11.3 Å². The van der Waals surface area contributed by atoms with Gasteiger partial charge in [-0.1, -0.05) is 18.2 Å². The molecular formula is C23H20F3N5O2S. The molecule has 0 saturated heterocycles. The minimum atomic E-state index is -4.57. The quantitative estimate of drug-likeness (QED) is 0.526. The van der Waals surface area contributed by atoms with Gasteiger partial charge in [0, 0.05) is 16.9 Å². The van der Waals surface area contributed by atoms with Gasteiger partial charge in [-0.2, -0.15) is 23.5 Å². The highest BCUT2D eigenvalue weighted by molar-refractivity contribution is 7.16. The van der Waals surface area contributed by atoms with Gasteiger partial charge in [-0.3, -0.25) is 4.79 Å². The zero-order valence-corrected chi connectivity index (χ0v) is 18.9. The summed E-state index contributed by atoms with van der Waals surface area (Å²) in [7, 11) is 1.46. The minimum absolute atomic E-state index is 0.0219. The fourth-order valence-electron chi connectivity index (χ4n) is 4.67. The van der Waals surface area contributed by atoms with Gasteiger partial charge < -0.3 is 15.4 Å². The van der Waals surface area contributed by atoms with E-state index in [1.807, 2.05) is 0 Å². The van der Waals surface area contributed by atoms with E-state index < -0.39 is 24.2 Å². The van der Waals surface area contributed by atoms with Crippen LogP contribution in [0.15, 0.2) is 30.5 Å². The van der Waals surface area contributed by atoms with Gasteiger partial charge in [0.2, 0.25) is 0 Å². The zero-order chi connectivity index (χ0) is 24.0. The first-order chi connectivity index (χ1) is 16.3. The van der Waals surface area contributed by atoms with Crippen molar-refractivity contribution in [1.82, 2.24) is 9.78 Å². The van der Waals surface area contributed by atoms with Crippen molar-refractivity contribution in [3.05, 3.63) is 57.6 Å². The Morgan fingerprint density at radius 1 is 1.35 bits per heavy atom. The molecule has 1 aliphatic carbocycles. The predicted octanol–water partition coefficient (Wildman–Crippen LogP) is 5.23. The van der Waals surface area contributed by atoms with Crippen molar-refractivity contribution in [1.29, 1.82) is 5.26 Å². The van der Waals surface area contributed by atoms with Crippen LogP contribution in [0, 0.1) is 11.3 Å². The summed E-state index contributed by atoms with van der Waals surface area (Å²) in [6.45, 7) is 0. The number of alkyl halides is 3. The van der Waals surface area contributed by atoms with Gasteiger partial charge in [0.25, 0.3) is 5.91 Å². The van der Waals surface area contributed by atoms with E-state index in [4.69, 9.17) is 4.74 Å². The molecular weight excluding hydrogens is 467 g/mol. The van der Waals surface area contributed by atoms with E-state index in [1.54, 1.807) is 24.3 Å². The lowest BCUT2D eigenvalue weighted by Gasteiger charge is -2.34. The van der Waals surface area contributed by atoms with E-state index in [0.717, 1.165) is 40.6 Å². The molecule has 0 saturated carbocycles. The van der Waals surface area contributed by atoms with Crippen molar-refractivity contribution in [2.45, 2.75) is 43.9 Å². The number of methoxy groups -OCH3 is 1. The second-order valence-electron chi connectivity index (χ2n) is 8.21. The van der Waals surface area contributed by atoms with E-state index in [-0.39, 0.29) is 17.8 Å². The van der Waals surface area contributed by atoms with E-state index >= 15 is 0 Å². The van der Waals surface area contributed by atoms with Gasteiger partial charge in [-0.15, -0.1) is 11.3 Å². The molecule has 1 aliphatic heterocycles. The summed E-state index contributed by atoms with van der Waals surface area (Å²) in [5.74, 6) is -0.192. The monoisotopic (exact) mass is 487 g/mol. The normalized spacial score (nSPS) is 19.0. The van der Waals surface area contributed by atoms with Crippen molar-refractivity contribution in [2.75, 3.05) is 17.7 Å². The number of amides is 1. The van der Waals surface area contributed by atoms with E-state index in [0.29, 0.717) is 21.9 Å². The summed E-state index contributed by atoms with van der Waals surface area (Å²) >= 11 is 1.34. The maximum Gasteiger partial charge on any atom is 0.410 e. The minimum Gasteiger partial charge on any atom is -0.496 e. The molecule has 2 aromatic heterocycles. The number of para-hydroxylation sites is 1. The Morgan fingerprint density at radius 2 is 2.15 bits per heavy atom. The van der Waals surface area contributed by atoms with E-state index in [9.17, 15) is 23.2 Å². The lowest BCUT2D eigenvalue weighted by atomic mass is 9.95. The number of halogens is 3. The molecule has 2 N–H and O–H groups in total. The van der Waals surface area contributed by atoms with E-state index in [1.165, 1.54) is 18.4 Å². The van der Waals surface area contributed by atoms with Crippen molar-refractivity contribution >= 4 is 28.1 Å². The zero-order valence-electron chi connectivity index (χ0n) is 18.1. The fraction of sp³-hybridized carbons (Fsp3) is 0.348. The summed E-state index contributed by atoms with van der Waals surface area (Å²) < 4.78 is 48.1. The molecule has 7 nitrogen and oxygen atoms in total. The number of fused-ring (bicyclic) bond motifs is 2. The number of thiophene rings is 1. The first-order valence-corrected chi connectivity index (χ1v) is 11.5. The van der Waals surface area contributed by atoms with Crippen LogP contribution < -0.4 is 15.4 Å². The molecule has 2 aliphatic rings. The van der Waals surface area contributed by atoms with Crippen LogP contribution in [0.4, 0.5) is 24.0 Å². The number of rotatable bonds is 4. The molecule has 0 bridgehead atoms. The van der Waals surface area contributed by atoms with Crippen LogP contribution in [-0.2, 0) is 12.8 Å². The summed E-state index contributed by atoms with van der Waals surface area (Å²) in [4.78, 5) is 14.2. The Balaban J connectivity index is 1.51. The summed E-state index contributed by atoms with van der Waals surface area (Å²) in [6.07, 6.45) is -1.15. The Morgan fingerprint density at radius 3 is 2.88 bits per heavy atom. The highest BCUT2D eigenvalue weighted by atomic mass is 32.1. The predicted molar refractivity (Wildman–Crippen MR) is 120 cm³/mol. The number of carbonyl (C=O) groups excluding carboxylic acids is 1. The van der Waals surface area contributed by atoms with Crippen LogP contribution in [0.1, 0.15) is 56.9 Å². The number of aromatic nitrogens is 2. The molecule has 1 amide bonds. The first-order valence-electron chi connectivity index (χ1n) is 10.7. The molecule has 0 unspecified atom stereocenters. The number of nitrogens with zero attached hydrogens (tertiary/aromatic N) is 3. The number of ether oxygens (including phenoxy) is 1. The molecule has 34 heavy (non-hydrogen) atoms. The van der Waals surface area contributed by atoms with Gasteiger partial charge >= 0.3 is 6.18 Å². The highest BCUT2D eigenvalue weighted by Gasteiger charge is 2.47. The Bertz CT molecular complexity index is 1310. The van der Waals surface area contributed by atoms with Crippen LogP contribution in [0.3, 0.4) is 0 Å². The number of aryl methyl sites for hydroxylation is 1. The van der Waals surface area contributed by atoms with Crippen molar-refractivity contribution < 1.29 is 22.7 Å². The second kappa shape index (κ2) is 8.36. The van der Waals surface area contributed by atoms with Crippen LogP contribution in [0.5, 0.6) is 5.75 Å². The smallest absolute Gasteiger partial charge is 0.410 e. The average molecular weight is 488 g/mol. The number of hydrogen-bond acceptors (Lipinski definition) is 6. The average Bonchev–Trinajstić information content (AvgIpc) is 3.52. The lowest BCUT2D eigenvalue weighted by Crippen LogP contribution is -2.36. The maximum atomic E-state index is 14.0. The van der Waals surface area contributed by atoms with Crippen LogP contribution in [0.25, 0.3) is 0 Å². The van der Waals surface area contributed by atoms with Crippen LogP contribution in [0.2, 0.25) is 0 Å². The molecule has 3 aromatic rings. The molecule has 5 rings (SSSR count).